The van der Waals surface area contributed by atoms with Gasteiger partial charge in [0, 0.05) is 12.8 Å². The fourth-order valence-corrected chi connectivity index (χ4v) is 8.50. The molecule has 0 saturated heterocycles. The normalized spacial score (nSPS) is 13.2. The summed E-state index contributed by atoms with van der Waals surface area (Å²) in [5.41, 5.74) is 0. The average molecular weight is 871 g/mol. The molecule has 0 aromatic rings. The lowest BCUT2D eigenvalue weighted by atomic mass is 10.0. The van der Waals surface area contributed by atoms with Crippen molar-refractivity contribution in [2.75, 3.05) is 19.8 Å². The molecule has 0 aromatic heterocycles. The van der Waals surface area contributed by atoms with Crippen LogP contribution >= 0.6 is 7.82 Å². The van der Waals surface area contributed by atoms with E-state index in [9.17, 15) is 19.0 Å². The van der Waals surface area contributed by atoms with E-state index in [1.807, 2.05) is 0 Å². The summed E-state index contributed by atoms with van der Waals surface area (Å²) in [7, 11) is -4.28. The van der Waals surface area contributed by atoms with Crippen LogP contribution in [0.1, 0.15) is 278 Å². The molecule has 2 atom stereocenters. The Morgan fingerprint density at radius 1 is 0.433 bits per heavy atom. The lowest BCUT2D eigenvalue weighted by Crippen LogP contribution is -2.29. The van der Waals surface area contributed by atoms with Crippen molar-refractivity contribution in [3.8, 4) is 0 Å². The number of carbonyl (C=O) groups is 2. The molecule has 0 aliphatic carbocycles. The molecule has 0 rings (SSSR count). The summed E-state index contributed by atoms with van der Waals surface area (Å²) in [5.74, 6) is -0.780. The molecule has 0 radical (unpaired) electrons. The van der Waals surface area contributed by atoms with Gasteiger partial charge in [-0.3, -0.25) is 18.6 Å². The zero-order chi connectivity index (χ0) is 43.9. The maximum Gasteiger partial charge on any atom is 0.472 e. The Labute approximate surface area is 371 Å². The molecule has 0 heterocycles. The smallest absolute Gasteiger partial charge is 0.462 e. The largest absolute Gasteiger partial charge is 0.472 e. The Kier molecular flexibility index (Phi) is 46.3. The van der Waals surface area contributed by atoms with Crippen molar-refractivity contribution in [2.24, 2.45) is 0 Å². The van der Waals surface area contributed by atoms with Crippen LogP contribution < -0.4 is 0 Å². The Bertz CT molecular complexity index is 988. The number of carbonyl (C=O) groups excluding carboxylic acids is 2. The zero-order valence-corrected chi connectivity index (χ0v) is 40.8. The van der Waals surface area contributed by atoms with Crippen molar-refractivity contribution in [1.29, 1.82) is 0 Å². The van der Waals surface area contributed by atoms with Crippen molar-refractivity contribution < 1.29 is 37.6 Å². The van der Waals surface area contributed by atoms with Gasteiger partial charge < -0.3 is 14.4 Å². The van der Waals surface area contributed by atoms with Crippen molar-refractivity contribution in [3.05, 3.63) is 12.2 Å². The Morgan fingerprint density at radius 2 is 0.750 bits per heavy atom. The number of hydrogen-bond donors (Lipinski definition) is 1. The van der Waals surface area contributed by atoms with Crippen molar-refractivity contribution in [1.82, 2.24) is 0 Å². The van der Waals surface area contributed by atoms with E-state index in [1.54, 1.807) is 6.92 Å². The predicted molar refractivity (Wildman–Crippen MR) is 253 cm³/mol. The van der Waals surface area contributed by atoms with Crippen LogP contribution in [0.25, 0.3) is 0 Å². The molecule has 0 aliphatic heterocycles. The van der Waals surface area contributed by atoms with Crippen LogP contribution in [0.3, 0.4) is 0 Å². The lowest BCUT2D eigenvalue weighted by molar-refractivity contribution is -0.161. The fourth-order valence-electron chi connectivity index (χ4n) is 7.75. The molecule has 2 unspecified atom stereocenters. The van der Waals surface area contributed by atoms with Crippen molar-refractivity contribution in [2.45, 2.75) is 284 Å². The molecule has 0 saturated carbocycles. The van der Waals surface area contributed by atoms with E-state index in [2.05, 4.69) is 26.0 Å². The maximum absolute atomic E-state index is 12.6. The molecule has 60 heavy (non-hydrogen) atoms. The third kappa shape index (κ3) is 46.3. The zero-order valence-electron chi connectivity index (χ0n) is 39.9. The highest BCUT2D eigenvalue weighted by molar-refractivity contribution is 7.47. The predicted octanol–water partition coefficient (Wildman–Crippen LogP) is 16.8. The van der Waals surface area contributed by atoms with Crippen LogP contribution in [0, 0.1) is 0 Å². The highest BCUT2D eigenvalue weighted by atomic mass is 31.2. The first-order valence-electron chi connectivity index (χ1n) is 26.0. The summed E-state index contributed by atoms with van der Waals surface area (Å²) in [6, 6.07) is 0. The third-order valence-corrected chi connectivity index (χ3v) is 12.6. The summed E-state index contributed by atoms with van der Waals surface area (Å²) >= 11 is 0. The molecule has 0 aromatic carbocycles. The second-order valence-electron chi connectivity index (χ2n) is 17.5. The molecule has 9 heteroatoms. The molecule has 356 valence electrons. The molecular weight excluding hydrogens is 772 g/mol. The van der Waals surface area contributed by atoms with Crippen LogP contribution in [0.2, 0.25) is 0 Å². The van der Waals surface area contributed by atoms with E-state index >= 15 is 0 Å². The van der Waals surface area contributed by atoms with Crippen LogP contribution in [0.4, 0.5) is 0 Å². The van der Waals surface area contributed by atoms with Gasteiger partial charge >= 0.3 is 19.8 Å². The van der Waals surface area contributed by atoms with Crippen molar-refractivity contribution in [3.63, 3.8) is 0 Å². The summed E-state index contributed by atoms with van der Waals surface area (Å²) in [6.45, 7) is 5.54. The maximum atomic E-state index is 12.6. The summed E-state index contributed by atoms with van der Waals surface area (Å²) in [4.78, 5) is 34.9. The molecule has 0 bridgehead atoms. The van der Waals surface area contributed by atoms with Gasteiger partial charge in [-0.15, -0.1) is 0 Å². The monoisotopic (exact) mass is 871 g/mol. The van der Waals surface area contributed by atoms with Gasteiger partial charge in [0.25, 0.3) is 0 Å². The number of allylic oxidation sites excluding steroid dienone is 2. The molecule has 0 aliphatic rings. The fraction of sp³-hybridized carbons (Fsp3) is 0.922. The summed E-state index contributed by atoms with van der Waals surface area (Å²) in [5, 5.41) is 0. The second-order valence-corrected chi connectivity index (χ2v) is 19.0. The number of ether oxygens (including phenoxy) is 2. The number of phosphoric acid groups is 1. The number of unbranched alkanes of at least 4 members (excludes halogenated alkanes) is 35. The summed E-state index contributed by atoms with van der Waals surface area (Å²) in [6.07, 6.45) is 52.8. The second kappa shape index (κ2) is 47.3. The van der Waals surface area contributed by atoms with Crippen LogP contribution in [-0.2, 0) is 32.7 Å². The van der Waals surface area contributed by atoms with Gasteiger partial charge in [0.2, 0.25) is 0 Å². The first-order chi connectivity index (χ1) is 29.3. The van der Waals surface area contributed by atoms with Crippen LogP contribution in [-0.4, -0.2) is 42.8 Å². The molecule has 0 amide bonds. The van der Waals surface area contributed by atoms with Gasteiger partial charge in [0.15, 0.2) is 6.10 Å². The van der Waals surface area contributed by atoms with E-state index in [0.29, 0.717) is 6.42 Å². The first kappa shape index (κ1) is 58.8. The molecule has 0 fully saturated rings. The average Bonchev–Trinajstić information content (AvgIpc) is 3.23. The van der Waals surface area contributed by atoms with E-state index in [1.165, 1.54) is 205 Å². The molecule has 8 nitrogen and oxygen atoms in total. The standard InChI is InChI=1S/C51H99O8P/c1-4-7-9-11-13-15-17-19-21-23-24-25-26-27-28-30-32-34-36-38-40-42-44-46-51(53)59-49(48-58-60(54,55)57-6-3)47-56-50(52)45-43-41-39-37-35-33-31-29-22-20-18-16-14-12-10-8-5-2/h23-24,49H,4-22,25-48H2,1-3H3,(H,54,55)/b24-23-. The van der Waals surface area contributed by atoms with Gasteiger partial charge in [-0.2, -0.15) is 0 Å². The van der Waals surface area contributed by atoms with E-state index < -0.39 is 19.9 Å². The molecule has 0 spiro atoms. The van der Waals surface area contributed by atoms with Gasteiger partial charge in [-0.05, 0) is 45.4 Å². The van der Waals surface area contributed by atoms with Crippen molar-refractivity contribution >= 4 is 19.8 Å². The van der Waals surface area contributed by atoms with Gasteiger partial charge in [-0.1, -0.05) is 231 Å². The Hall–Kier alpha value is -1.21. The Balaban J connectivity index is 3.93. The van der Waals surface area contributed by atoms with E-state index in [4.69, 9.17) is 18.5 Å². The molecular formula is C51H99O8P. The highest BCUT2D eigenvalue weighted by Crippen LogP contribution is 2.43. The van der Waals surface area contributed by atoms with Gasteiger partial charge in [0.1, 0.15) is 6.61 Å². The number of rotatable bonds is 49. The minimum atomic E-state index is -4.28. The van der Waals surface area contributed by atoms with Gasteiger partial charge in [-0.25, -0.2) is 4.57 Å². The topological polar surface area (TPSA) is 108 Å². The number of esters is 2. The minimum absolute atomic E-state index is 0.00409. The highest BCUT2D eigenvalue weighted by Gasteiger charge is 2.25. The van der Waals surface area contributed by atoms with E-state index in [-0.39, 0.29) is 32.2 Å². The van der Waals surface area contributed by atoms with E-state index in [0.717, 1.165) is 38.5 Å². The lowest BCUT2D eigenvalue weighted by Gasteiger charge is -2.19. The summed E-state index contributed by atoms with van der Waals surface area (Å²) < 4.78 is 32.8. The quantitative estimate of drug-likeness (QED) is 0.0279. The first-order valence-corrected chi connectivity index (χ1v) is 27.5. The van der Waals surface area contributed by atoms with Crippen LogP contribution in [0.15, 0.2) is 12.2 Å². The molecule has 1 N–H and O–H groups in total. The number of phosphoric ester groups is 1. The Morgan fingerprint density at radius 3 is 1.10 bits per heavy atom. The van der Waals surface area contributed by atoms with Gasteiger partial charge in [0.05, 0.1) is 13.2 Å². The van der Waals surface area contributed by atoms with Crippen LogP contribution in [0.5, 0.6) is 0 Å². The SMILES string of the molecule is CCCCCCCCCC/C=C\CCCCCCCCCCCCCC(=O)OC(COC(=O)CCCCCCCCCCCCCCCCCCC)COP(=O)(O)OCC. The number of hydrogen-bond acceptors (Lipinski definition) is 7. The third-order valence-electron chi connectivity index (χ3n) is 11.6. The minimum Gasteiger partial charge on any atom is -0.462 e.